The van der Waals surface area contributed by atoms with Gasteiger partial charge in [0.15, 0.2) is 0 Å². The number of carbonyl (C=O) groups is 2. The maximum Gasteiger partial charge on any atom is 0.257 e. The molecule has 0 spiro atoms. The van der Waals surface area contributed by atoms with E-state index in [0.717, 1.165) is 18.5 Å². The lowest BCUT2D eigenvalue weighted by Gasteiger charge is -2.38. The predicted molar refractivity (Wildman–Crippen MR) is 93.4 cm³/mol. The lowest BCUT2D eigenvalue weighted by Crippen LogP contribution is -2.54. The molecule has 1 aromatic carbocycles. The van der Waals surface area contributed by atoms with Gasteiger partial charge in [-0.2, -0.15) is 0 Å². The number of hydrogen-bond acceptors (Lipinski definition) is 4. The summed E-state index contributed by atoms with van der Waals surface area (Å²) in [7, 11) is 0. The first kappa shape index (κ1) is 15.9. The second kappa shape index (κ2) is 6.72. The Morgan fingerprint density at radius 2 is 1.92 bits per heavy atom. The summed E-state index contributed by atoms with van der Waals surface area (Å²) in [5.41, 5.74) is 2.69. The summed E-state index contributed by atoms with van der Waals surface area (Å²) in [6, 6.07) is 9.52. The molecule has 1 atom stereocenters. The number of aryl methyl sites for hydroxylation is 1. The van der Waals surface area contributed by atoms with E-state index in [9.17, 15) is 9.59 Å². The number of rotatable bonds is 2. The number of carbonyl (C=O) groups excluding carboxylic acids is 2. The van der Waals surface area contributed by atoms with Crippen LogP contribution in [0.5, 0.6) is 0 Å². The average Bonchev–Trinajstić information content (AvgIpc) is 3.12. The predicted octanol–water partition coefficient (Wildman–Crippen LogP) is 1.99. The third-order valence-electron chi connectivity index (χ3n) is 5.08. The molecular weight excluding hydrogens is 318 g/mol. The summed E-state index contributed by atoms with van der Waals surface area (Å²) in [6.45, 7) is 2.66. The molecule has 25 heavy (non-hydrogen) atoms. The molecule has 1 fully saturated rings. The molecule has 2 amide bonds. The van der Waals surface area contributed by atoms with Crippen molar-refractivity contribution in [1.29, 1.82) is 0 Å². The van der Waals surface area contributed by atoms with Gasteiger partial charge in [0.1, 0.15) is 6.26 Å². The highest BCUT2D eigenvalue weighted by Crippen LogP contribution is 2.24. The van der Waals surface area contributed by atoms with E-state index in [2.05, 4.69) is 16.3 Å². The fraction of sp³-hybridized carbons (Fsp3) is 0.368. The molecular formula is C19H21N3O3. The third kappa shape index (κ3) is 3.17. The fourth-order valence-corrected chi connectivity index (χ4v) is 3.65. The summed E-state index contributed by atoms with van der Waals surface area (Å²) in [6.07, 6.45) is 4.67. The molecule has 2 aliphatic rings. The SMILES string of the molecule is O=C1Nc2ccccc2CC[C@H]1N1CCN(C(=O)c2ccoc2)CC1. The highest BCUT2D eigenvalue weighted by molar-refractivity contribution is 5.96. The van der Waals surface area contributed by atoms with Crippen molar-refractivity contribution in [3.63, 3.8) is 0 Å². The summed E-state index contributed by atoms with van der Waals surface area (Å²) in [5.74, 6) is 0.0469. The Morgan fingerprint density at radius 3 is 2.68 bits per heavy atom. The Morgan fingerprint density at radius 1 is 1.12 bits per heavy atom. The molecule has 0 radical (unpaired) electrons. The van der Waals surface area contributed by atoms with Crippen molar-refractivity contribution in [3.05, 3.63) is 54.0 Å². The molecule has 1 saturated heterocycles. The zero-order valence-electron chi connectivity index (χ0n) is 14.0. The molecule has 4 rings (SSSR count). The quantitative estimate of drug-likeness (QED) is 0.909. The van der Waals surface area contributed by atoms with Crippen molar-refractivity contribution >= 4 is 17.5 Å². The van der Waals surface area contributed by atoms with E-state index in [0.29, 0.717) is 31.7 Å². The van der Waals surface area contributed by atoms with Crippen LogP contribution >= 0.6 is 0 Å². The Labute approximate surface area is 146 Å². The van der Waals surface area contributed by atoms with Crippen LogP contribution in [0.3, 0.4) is 0 Å². The van der Waals surface area contributed by atoms with E-state index in [1.807, 2.05) is 23.1 Å². The number of piperazine rings is 1. The maximum absolute atomic E-state index is 12.6. The molecule has 1 aromatic heterocycles. The van der Waals surface area contributed by atoms with Gasteiger partial charge >= 0.3 is 0 Å². The molecule has 0 unspecified atom stereocenters. The van der Waals surface area contributed by atoms with Gasteiger partial charge in [-0.05, 0) is 30.5 Å². The van der Waals surface area contributed by atoms with Gasteiger partial charge in [0.25, 0.3) is 5.91 Å². The van der Waals surface area contributed by atoms with Gasteiger partial charge in [0.2, 0.25) is 5.91 Å². The van der Waals surface area contributed by atoms with Gasteiger partial charge in [0, 0.05) is 31.9 Å². The number of hydrogen-bond donors (Lipinski definition) is 1. The second-order valence-corrected chi connectivity index (χ2v) is 6.54. The molecule has 6 heteroatoms. The summed E-state index contributed by atoms with van der Waals surface area (Å²) >= 11 is 0. The van der Waals surface area contributed by atoms with E-state index in [1.165, 1.54) is 18.1 Å². The molecule has 0 aliphatic carbocycles. The van der Waals surface area contributed by atoms with Crippen molar-refractivity contribution in [3.8, 4) is 0 Å². The van der Waals surface area contributed by atoms with E-state index in [4.69, 9.17) is 4.42 Å². The zero-order valence-corrected chi connectivity index (χ0v) is 14.0. The summed E-state index contributed by atoms with van der Waals surface area (Å²) in [5, 5.41) is 3.05. The zero-order chi connectivity index (χ0) is 17.2. The molecule has 0 saturated carbocycles. The number of furan rings is 1. The normalized spacial score (nSPS) is 21.4. The van der Waals surface area contributed by atoms with Gasteiger partial charge in [-0.1, -0.05) is 18.2 Å². The van der Waals surface area contributed by atoms with Crippen LogP contribution in [0.15, 0.2) is 47.3 Å². The largest absolute Gasteiger partial charge is 0.472 e. The van der Waals surface area contributed by atoms with Crippen LogP contribution in [0.4, 0.5) is 5.69 Å². The molecule has 1 N–H and O–H groups in total. The first-order chi connectivity index (χ1) is 12.2. The van der Waals surface area contributed by atoms with Crippen LogP contribution < -0.4 is 5.32 Å². The smallest absolute Gasteiger partial charge is 0.257 e. The highest BCUT2D eigenvalue weighted by Gasteiger charge is 2.32. The van der Waals surface area contributed by atoms with Crippen LogP contribution in [0.25, 0.3) is 0 Å². The molecule has 6 nitrogen and oxygen atoms in total. The number of para-hydroxylation sites is 1. The summed E-state index contributed by atoms with van der Waals surface area (Å²) < 4.78 is 4.99. The topological polar surface area (TPSA) is 65.8 Å². The molecule has 0 bridgehead atoms. The lowest BCUT2D eigenvalue weighted by molar-refractivity contribution is -0.122. The molecule has 130 valence electrons. The summed E-state index contributed by atoms with van der Waals surface area (Å²) in [4.78, 5) is 29.0. The fourth-order valence-electron chi connectivity index (χ4n) is 3.65. The van der Waals surface area contributed by atoms with Crippen LogP contribution in [-0.4, -0.2) is 53.8 Å². The number of nitrogens with zero attached hydrogens (tertiary/aromatic N) is 2. The Balaban J connectivity index is 1.39. The standard InChI is InChI=1S/C19H21N3O3/c23-18-17(6-5-14-3-1-2-4-16(14)20-18)21-8-10-22(11-9-21)19(24)15-7-12-25-13-15/h1-4,7,12-13,17H,5-6,8-11H2,(H,20,23)/t17-/m1/s1. The van der Waals surface area contributed by atoms with E-state index in [-0.39, 0.29) is 17.9 Å². The molecule has 2 aromatic rings. The first-order valence-corrected chi connectivity index (χ1v) is 8.66. The minimum atomic E-state index is -0.140. The maximum atomic E-state index is 12.6. The van der Waals surface area contributed by atoms with E-state index < -0.39 is 0 Å². The monoisotopic (exact) mass is 339 g/mol. The van der Waals surface area contributed by atoms with E-state index in [1.54, 1.807) is 6.07 Å². The van der Waals surface area contributed by atoms with Crippen LogP contribution in [0, 0.1) is 0 Å². The number of fused-ring (bicyclic) bond motifs is 1. The average molecular weight is 339 g/mol. The molecule has 2 aliphatic heterocycles. The van der Waals surface area contributed by atoms with Crippen molar-refractivity contribution in [2.75, 3.05) is 31.5 Å². The van der Waals surface area contributed by atoms with E-state index >= 15 is 0 Å². The molecule has 3 heterocycles. The van der Waals surface area contributed by atoms with Crippen molar-refractivity contribution in [2.24, 2.45) is 0 Å². The lowest BCUT2D eigenvalue weighted by atomic mass is 10.0. The van der Waals surface area contributed by atoms with Gasteiger partial charge in [-0.25, -0.2) is 0 Å². The second-order valence-electron chi connectivity index (χ2n) is 6.54. The van der Waals surface area contributed by atoms with Crippen LogP contribution in [0.1, 0.15) is 22.3 Å². The highest BCUT2D eigenvalue weighted by atomic mass is 16.3. The Hall–Kier alpha value is -2.60. The minimum absolute atomic E-state index is 0.00822. The van der Waals surface area contributed by atoms with Gasteiger partial charge in [-0.3, -0.25) is 14.5 Å². The minimum Gasteiger partial charge on any atom is -0.472 e. The van der Waals surface area contributed by atoms with Crippen LogP contribution in [0.2, 0.25) is 0 Å². The number of nitrogens with one attached hydrogen (secondary N) is 1. The van der Waals surface area contributed by atoms with Crippen molar-refractivity contribution < 1.29 is 14.0 Å². The van der Waals surface area contributed by atoms with Crippen molar-refractivity contribution in [1.82, 2.24) is 9.80 Å². The van der Waals surface area contributed by atoms with Crippen molar-refractivity contribution in [2.45, 2.75) is 18.9 Å². The first-order valence-electron chi connectivity index (χ1n) is 8.66. The van der Waals surface area contributed by atoms with Gasteiger partial charge < -0.3 is 14.6 Å². The van der Waals surface area contributed by atoms with Crippen LogP contribution in [-0.2, 0) is 11.2 Å². The number of amides is 2. The third-order valence-corrected chi connectivity index (χ3v) is 5.08. The number of anilines is 1. The Bertz CT molecular complexity index is 764. The Kier molecular flexibility index (Phi) is 4.28. The van der Waals surface area contributed by atoms with Gasteiger partial charge in [0.05, 0.1) is 17.9 Å². The van der Waals surface area contributed by atoms with Gasteiger partial charge in [-0.15, -0.1) is 0 Å². The number of benzene rings is 1.